The number of benzene rings is 1. The van der Waals surface area contributed by atoms with E-state index >= 15 is 0 Å². The first-order chi connectivity index (χ1) is 14.6. The molecule has 30 heavy (non-hydrogen) atoms. The number of rotatable bonds is 5. The van der Waals surface area contributed by atoms with Gasteiger partial charge in [0.2, 0.25) is 5.88 Å². The van der Waals surface area contributed by atoms with E-state index in [0.29, 0.717) is 23.7 Å². The molecule has 0 amide bonds. The summed E-state index contributed by atoms with van der Waals surface area (Å²) in [7, 11) is 2.13. The zero-order valence-corrected chi connectivity index (χ0v) is 16.8. The smallest absolute Gasteiger partial charge is 0.214 e. The monoisotopic (exact) mass is 401 g/mol. The van der Waals surface area contributed by atoms with Crippen LogP contribution in [0.5, 0.6) is 5.88 Å². The summed E-state index contributed by atoms with van der Waals surface area (Å²) < 4.78 is 7.80. The minimum Gasteiger partial charge on any atom is -0.474 e. The zero-order chi connectivity index (χ0) is 20.2. The standard InChI is InChI=1S/C22H23N7O/c1-28-9-13(10-28)11-29-22-19(21(23)24-12-25-22)20(27-29)15-2-6-17-14(8-15)3-7-18(26-17)30-16-4-5-16/h2-3,6-8,12-13,16H,4-5,9-11H2,1H3,(H2,23,24,25). The summed E-state index contributed by atoms with van der Waals surface area (Å²) in [4.78, 5) is 15.7. The molecule has 0 unspecified atom stereocenters. The van der Waals surface area contributed by atoms with Crippen LogP contribution >= 0.6 is 0 Å². The van der Waals surface area contributed by atoms with Gasteiger partial charge >= 0.3 is 0 Å². The predicted octanol–water partition coefficient (Wildman–Crippen LogP) is 2.73. The van der Waals surface area contributed by atoms with Crippen molar-refractivity contribution in [3.05, 3.63) is 36.7 Å². The molecular weight excluding hydrogens is 378 g/mol. The van der Waals surface area contributed by atoms with Crippen LogP contribution < -0.4 is 10.5 Å². The Bertz CT molecular complexity index is 1260. The first-order valence-corrected chi connectivity index (χ1v) is 10.4. The molecule has 0 atom stereocenters. The highest BCUT2D eigenvalue weighted by atomic mass is 16.5. The number of anilines is 1. The molecule has 4 aromatic rings. The van der Waals surface area contributed by atoms with E-state index in [4.69, 9.17) is 15.6 Å². The van der Waals surface area contributed by atoms with Crippen LogP contribution in [0.3, 0.4) is 0 Å². The van der Waals surface area contributed by atoms with Gasteiger partial charge in [0.1, 0.15) is 23.9 Å². The van der Waals surface area contributed by atoms with Crippen molar-refractivity contribution in [1.29, 1.82) is 0 Å². The van der Waals surface area contributed by atoms with Gasteiger partial charge in [-0.15, -0.1) is 0 Å². The van der Waals surface area contributed by atoms with E-state index in [9.17, 15) is 0 Å². The van der Waals surface area contributed by atoms with Gasteiger partial charge in [0, 0.05) is 42.6 Å². The van der Waals surface area contributed by atoms with E-state index in [1.807, 2.05) is 28.9 Å². The summed E-state index contributed by atoms with van der Waals surface area (Å²) in [5, 5.41) is 6.76. The van der Waals surface area contributed by atoms with E-state index < -0.39 is 0 Å². The van der Waals surface area contributed by atoms with Gasteiger partial charge in [0.25, 0.3) is 0 Å². The molecule has 2 fully saturated rings. The number of hydrogen-bond donors (Lipinski definition) is 1. The minimum atomic E-state index is 0.336. The number of pyridine rings is 1. The number of likely N-dealkylation sites (tertiary alicyclic amines) is 1. The number of nitrogen functional groups attached to an aromatic ring is 1. The number of fused-ring (bicyclic) bond motifs is 2. The maximum Gasteiger partial charge on any atom is 0.214 e. The van der Waals surface area contributed by atoms with Gasteiger partial charge in [-0.05, 0) is 38.1 Å². The molecule has 0 spiro atoms. The van der Waals surface area contributed by atoms with Crippen molar-refractivity contribution >= 4 is 27.8 Å². The molecule has 1 saturated carbocycles. The third-order valence-electron chi connectivity index (χ3n) is 5.88. The Labute approximate surface area is 173 Å². The number of aromatic nitrogens is 5. The van der Waals surface area contributed by atoms with Crippen LogP contribution in [0.2, 0.25) is 0 Å². The van der Waals surface area contributed by atoms with E-state index in [-0.39, 0.29) is 0 Å². The highest BCUT2D eigenvalue weighted by Gasteiger charge is 2.26. The Morgan fingerprint density at radius 1 is 1.13 bits per heavy atom. The van der Waals surface area contributed by atoms with E-state index in [1.54, 1.807) is 0 Å². The van der Waals surface area contributed by atoms with Crippen LogP contribution in [0.1, 0.15) is 12.8 Å². The van der Waals surface area contributed by atoms with Gasteiger partial charge in [0.05, 0.1) is 10.9 Å². The Kier molecular flexibility index (Phi) is 3.89. The molecule has 2 aliphatic rings. The quantitative estimate of drug-likeness (QED) is 0.549. The molecule has 8 nitrogen and oxygen atoms in total. The van der Waals surface area contributed by atoms with Crippen LogP contribution in [-0.2, 0) is 6.54 Å². The topological polar surface area (TPSA) is 95.0 Å². The molecule has 1 aliphatic heterocycles. The molecule has 0 bridgehead atoms. The molecule has 4 heterocycles. The SMILES string of the molecule is CN1CC(Cn2nc(-c3ccc4nc(OC5CC5)ccc4c3)c3c(N)ncnc32)C1. The largest absolute Gasteiger partial charge is 0.474 e. The molecule has 8 heteroatoms. The fourth-order valence-corrected chi connectivity index (χ4v) is 4.22. The fraction of sp³-hybridized carbons (Fsp3) is 0.364. The van der Waals surface area contributed by atoms with E-state index in [2.05, 4.69) is 33.0 Å². The van der Waals surface area contributed by atoms with Crippen LogP contribution in [-0.4, -0.2) is 55.9 Å². The Hall–Kier alpha value is -3.26. The summed E-state index contributed by atoms with van der Waals surface area (Å²) in [6.45, 7) is 2.97. The molecular formula is C22H23N7O. The number of nitrogens with two attached hydrogens (primary N) is 1. The minimum absolute atomic E-state index is 0.336. The van der Waals surface area contributed by atoms with Gasteiger partial charge in [-0.2, -0.15) is 5.10 Å². The van der Waals surface area contributed by atoms with Gasteiger partial charge < -0.3 is 15.4 Å². The lowest BCUT2D eigenvalue weighted by Gasteiger charge is -2.36. The van der Waals surface area contributed by atoms with Crippen LogP contribution in [0, 0.1) is 5.92 Å². The maximum atomic E-state index is 6.25. The molecule has 0 radical (unpaired) electrons. The van der Waals surface area contributed by atoms with Crippen molar-refractivity contribution < 1.29 is 4.74 Å². The first-order valence-electron chi connectivity index (χ1n) is 10.4. The molecule has 1 aromatic carbocycles. The fourth-order valence-electron chi connectivity index (χ4n) is 4.22. The average Bonchev–Trinajstić information content (AvgIpc) is 3.46. The highest BCUT2D eigenvalue weighted by Crippen LogP contribution is 2.33. The van der Waals surface area contributed by atoms with E-state index in [0.717, 1.165) is 65.7 Å². The molecule has 1 saturated heterocycles. The molecule has 1 aliphatic carbocycles. The van der Waals surface area contributed by atoms with E-state index in [1.165, 1.54) is 6.33 Å². The molecule has 2 N–H and O–H groups in total. The van der Waals surface area contributed by atoms with Crippen molar-refractivity contribution in [2.75, 3.05) is 25.9 Å². The summed E-state index contributed by atoms with van der Waals surface area (Å²) in [6, 6.07) is 10.1. The van der Waals surface area contributed by atoms with Crippen molar-refractivity contribution in [2.24, 2.45) is 5.92 Å². The predicted molar refractivity (Wildman–Crippen MR) is 115 cm³/mol. The summed E-state index contributed by atoms with van der Waals surface area (Å²) >= 11 is 0. The second-order valence-corrected chi connectivity index (χ2v) is 8.45. The lowest BCUT2D eigenvalue weighted by molar-refractivity contribution is 0.117. The lowest BCUT2D eigenvalue weighted by atomic mass is 10.0. The summed E-state index contributed by atoms with van der Waals surface area (Å²) in [5.41, 5.74) is 9.74. The maximum absolute atomic E-state index is 6.25. The van der Waals surface area contributed by atoms with Crippen molar-refractivity contribution in [3.8, 4) is 17.1 Å². The average molecular weight is 401 g/mol. The lowest BCUT2D eigenvalue weighted by Crippen LogP contribution is -2.45. The third kappa shape index (κ3) is 3.04. The molecule has 3 aromatic heterocycles. The summed E-state index contributed by atoms with van der Waals surface area (Å²) in [5.74, 6) is 1.72. The van der Waals surface area contributed by atoms with Gasteiger partial charge in [-0.1, -0.05) is 6.07 Å². The number of nitrogens with zero attached hydrogens (tertiary/aromatic N) is 6. The highest BCUT2D eigenvalue weighted by molar-refractivity contribution is 5.99. The first kappa shape index (κ1) is 17.6. The second kappa shape index (κ2) is 6.63. The van der Waals surface area contributed by atoms with Crippen LogP contribution in [0.4, 0.5) is 5.82 Å². The van der Waals surface area contributed by atoms with Gasteiger partial charge in [-0.3, -0.25) is 0 Å². The normalized spacial score (nSPS) is 17.5. The zero-order valence-electron chi connectivity index (χ0n) is 16.8. The molecule has 152 valence electrons. The van der Waals surface area contributed by atoms with Crippen molar-refractivity contribution in [1.82, 2.24) is 29.6 Å². The van der Waals surface area contributed by atoms with Crippen molar-refractivity contribution in [2.45, 2.75) is 25.5 Å². The Morgan fingerprint density at radius 2 is 2.00 bits per heavy atom. The van der Waals surface area contributed by atoms with Crippen LogP contribution in [0.25, 0.3) is 33.2 Å². The van der Waals surface area contributed by atoms with Crippen molar-refractivity contribution in [3.63, 3.8) is 0 Å². The second-order valence-electron chi connectivity index (χ2n) is 8.45. The third-order valence-corrected chi connectivity index (χ3v) is 5.88. The summed E-state index contributed by atoms with van der Waals surface area (Å²) in [6.07, 6.45) is 4.09. The number of ether oxygens (including phenoxy) is 1. The Balaban J connectivity index is 1.41. The van der Waals surface area contributed by atoms with Gasteiger partial charge in [-0.25, -0.2) is 19.6 Å². The number of hydrogen-bond acceptors (Lipinski definition) is 7. The Morgan fingerprint density at radius 3 is 2.80 bits per heavy atom. The van der Waals surface area contributed by atoms with Gasteiger partial charge in [0.15, 0.2) is 5.65 Å². The molecule has 6 rings (SSSR count). The van der Waals surface area contributed by atoms with Crippen LogP contribution in [0.15, 0.2) is 36.7 Å².